The number of hydrogen-bond acceptors (Lipinski definition) is 4. The van der Waals surface area contributed by atoms with Crippen molar-refractivity contribution in [2.24, 2.45) is 5.73 Å². The first-order valence-electron chi connectivity index (χ1n) is 10.0. The van der Waals surface area contributed by atoms with Crippen LogP contribution >= 0.6 is 23.2 Å². The summed E-state index contributed by atoms with van der Waals surface area (Å²) in [5.41, 5.74) is 9.99. The van der Waals surface area contributed by atoms with Crippen molar-refractivity contribution in [2.75, 3.05) is 13.1 Å². The number of likely N-dealkylation sites (N-methyl/N-ethyl adjacent to an activating group) is 1. The standard InChI is InChI=1S/C22H26Cl2N4O2/c1-5-27(6-2)21(29)13(4)28-11-18-20(22(28)30)19(16(10-25)12(3)26-18)15-8-7-14(23)9-17(15)24/h7-9,13H,5-6,10-11,25H2,1-4H3/t13-/m1/s1. The van der Waals surface area contributed by atoms with Gasteiger partial charge in [0.05, 0.1) is 17.8 Å². The summed E-state index contributed by atoms with van der Waals surface area (Å²) in [6.45, 7) is 9.14. The molecule has 1 atom stereocenters. The highest BCUT2D eigenvalue weighted by Gasteiger charge is 2.39. The van der Waals surface area contributed by atoms with E-state index < -0.39 is 6.04 Å². The Morgan fingerprint density at radius 1 is 1.27 bits per heavy atom. The molecule has 6 nitrogen and oxygen atoms in total. The van der Waals surface area contributed by atoms with Crippen LogP contribution in [0.4, 0.5) is 0 Å². The van der Waals surface area contributed by atoms with Crippen molar-refractivity contribution in [3.8, 4) is 11.1 Å². The van der Waals surface area contributed by atoms with E-state index in [1.807, 2.05) is 20.8 Å². The number of fused-ring (bicyclic) bond motifs is 1. The Morgan fingerprint density at radius 3 is 2.50 bits per heavy atom. The van der Waals surface area contributed by atoms with Crippen LogP contribution in [0.3, 0.4) is 0 Å². The van der Waals surface area contributed by atoms with Gasteiger partial charge in [0.15, 0.2) is 0 Å². The normalized spacial score (nSPS) is 14.1. The minimum atomic E-state index is -0.596. The molecule has 2 N–H and O–H groups in total. The fraction of sp³-hybridized carbons (Fsp3) is 0.409. The van der Waals surface area contributed by atoms with Gasteiger partial charge in [-0.25, -0.2) is 0 Å². The Bertz CT molecular complexity index is 1010. The minimum absolute atomic E-state index is 0.0806. The average molecular weight is 449 g/mol. The predicted octanol–water partition coefficient (Wildman–Crippen LogP) is 4.04. The van der Waals surface area contributed by atoms with Gasteiger partial charge in [-0.15, -0.1) is 0 Å². The maximum atomic E-state index is 13.5. The Balaban J connectivity index is 2.13. The highest BCUT2D eigenvalue weighted by Crippen LogP contribution is 2.40. The summed E-state index contributed by atoms with van der Waals surface area (Å²) in [5, 5.41) is 0.940. The molecule has 1 aliphatic heterocycles. The van der Waals surface area contributed by atoms with Gasteiger partial charge in [0.2, 0.25) is 5.91 Å². The maximum Gasteiger partial charge on any atom is 0.257 e. The number of carbonyl (C=O) groups is 2. The summed E-state index contributed by atoms with van der Waals surface area (Å²) in [6.07, 6.45) is 0. The zero-order chi connectivity index (χ0) is 22.2. The van der Waals surface area contributed by atoms with Crippen LogP contribution in [-0.2, 0) is 17.9 Å². The van der Waals surface area contributed by atoms with Crippen molar-refractivity contribution in [3.63, 3.8) is 0 Å². The summed E-state index contributed by atoms with van der Waals surface area (Å²) < 4.78 is 0. The summed E-state index contributed by atoms with van der Waals surface area (Å²) in [4.78, 5) is 34.3. The molecule has 1 aliphatic rings. The molecule has 0 saturated carbocycles. The number of nitrogens with two attached hydrogens (primary N) is 1. The second-order valence-electron chi connectivity index (χ2n) is 7.32. The van der Waals surface area contributed by atoms with Gasteiger partial charge in [0, 0.05) is 46.5 Å². The van der Waals surface area contributed by atoms with Gasteiger partial charge >= 0.3 is 0 Å². The molecule has 2 heterocycles. The fourth-order valence-electron chi connectivity index (χ4n) is 4.01. The number of aromatic nitrogens is 1. The first-order chi connectivity index (χ1) is 14.2. The smallest absolute Gasteiger partial charge is 0.257 e. The van der Waals surface area contributed by atoms with Crippen molar-refractivity contribution < 1.29 is 9.59 Å². The van der Waals surface area contributed by atoms with Crippen LogP contribution in [0.5, 0.6) is 0 Å². The molecule has 0 unspecified atom stereocenters. The van der Waals surface area contributed by atoms with E-state index in [9.17, 15) is 9.59 Å². The number of hydrogen-bond donors (Lipinski definition) is 1. The van der Waals surface area contributed by atoms with Crippen molar-refractivity contribution >= 4 is 35.0 Å². The highest BCUT2D eigenvalue weighted by molar-refractivity contribution is 6.36. The molecular formula is C22H26Cl2N4O2. The average Bonchev–Trinajstić information content (AvgIpc) is 3.03. The molecule has 160 valence electrons. The molecule has 0 bridgehead atoms. The van der Waals surface area contributed by atoms with Crippen molar-refractivity contribution in [1.82, 2.24) is 14.8 Å². The Labute approximate surface area is 187 Å². The number of halogens is 2. The summed E-state index contributed by atoms with van der Waals surface area (Å²) in [5.74, 6) is -0.316. The SMILES string of the molecule is CCN(CC)C(=O)[C@@H](C)N1Cc2nc(C)c(CN)c(-c3ccc(Cl)cc3Cl)c2C1=O. The van der Waals surface area contributed by atoms with E-state index in [1.54, 1.807) is 34.9 Å². The number of carbonyl (C=O) groups excluding carboxylic acids is 2. The van der Waals surface area contributed by atoms with Crippen LogP contribution in [0.2, 0.25) is 10.0 Å². The molecule has 0 saturated heterocycles. The molecular weight excluding hydrogens is 423 g/mol. The Hall–Kier alpha value is -2.15. The van der Waals surface area contributed by atoms with Crippen LogP contribution in [0.25, 0.3) is 11.1 Å². The molecule has 1 aromatic heterocycles. The Kier molecular flexibility index (Phi) is 6.70. The van der Waals surface area contributed by atoms with Crippen LogP contribution < -0.4 is 5.73 Å². The first kappa shape index (κ1) is 22.5. The lowest BCUT2D eigenvalue weighted by Crippen LogP contribution is -2.47. The van der Waals surface area contributed by atoms with Crippen LogP contribution in [0.15, 0.2) is 18.2 Å². The number of amides is 2. The second-order valence-corrected chi connectivity index (χ2v) is 8.16. The molecule has 30 heavy (non-hydrogen) atoms. The number of aryl methyl sites for hydroxylation is 1. The number of rotatable bonds is 6. The molecule has 0 aliphatic carbocycles. The van der Waals surface area contributed by atoms with Gasteiger partial charge in [-0.05, 0) is 45.4 Å². The molecule has 2 aromatic rings. The van der Waals surface area contributed by atoms with E-state index in [1.165, 1.54) is 0 Å². The number of pyridine rings is 1. The predicted molar refractivity (Wildman–Crippen MR) is 120 cm³/mol. The number of nitrogens with zero attached hydrogens (tertiary/aromatic N) is 3. The van der Waals surface area contributed by atoms with Gasteiger partial charge in [-0.1, -0.05) is 29.3 Å². The number of benzene rings is 1. The van der Waals surface area contributed by atoms with Gasteiger partial charge in [0.1, 0.15) is 6.04 Å². The maximum absolute atomic E-state index is 13.5. The third-order valence-electron chi connectivity index (χ3n) is 5.68. The highest BCUT2D eigenvalue weighted by atomic mass is 35.5. The molecule has 2 amide bonds. The van der Waals surface area contributed by atoms with Crippen LogP contribution in [0, 0.1) is 6.92 Å². The topological polar surface area (TPSA) is 79.5 Å². The molecule has 0 spiro atoms. The zero-order valence-electron chi connectivity index (χ0n) is 17.6. The molecule has 0 fully saturated rings. The van der Waals surface area contributed by atoms with Crippen molar-refractivity contribution in [3.05, 3.63) is 50.8 Å². The van der Waals surface area contributed by atoms with E-state index in [2.05, 4.69) is 4.98 Å². The van der Waals surface area contributed by atoms with Crippen molar-refractivity contribution in [1.29, 1.82) is 0 Å². The lowest BCUT2D eigenvalue weighted by atomic mass is 9.93. The van der Waals surface area contributed by atoms with Crippen LogP contribution in [-0.4, -0.2) is 45.7 Å². The summed E-state index contributed by atoms with van der Waals surface area (Å²) >= 11 is 12.6. The van der Waals surface area contributed by atoms with E-state index >= 15 is 0 Å². The third kappa shape index (κ3) is 3.80. The fourth-order valence-corrected chi connectivity index (χ4v) is 4.51. The molecule has 8 heteroatoms. The van der Waals surface area contributed by atoms with E-state index in [4.69, 9.17) is 28.9 Å². The van der Waals surface area contributed by atoms with E-state index in [0.717, 1.165) is 11.3 Å². The second kappa shape index (κ2) is 8.92. The van der Waals surface area contributed by atoms with Gasteiger partial charge < -0.3 is 15.5 Å². The molecule has 3 rings (SSSR count). The van der Waals surface area contributed by atoms with Gasteiger partial charge in [-0.3, -0.25) is 14.6 Å². The van der Waals surface area contributed by atoms with Gasteiger partial charge in [-0.2, -0.15) is 0 Å². The first-order valence-corrected chi connectivity index (χ1v) is 10.8. The summed E-state index contributed by atoms with van der Waals surface area (Å²) in [7, 11) is 0. The quantitative estimate of drug-likeness (QED) is 0.722. The molecule has 0 radical (unpaired) electrons. The zero-order valence-corrected chi connectivity index (χ0v) is 19.1. The lowest BCUT2D eigenvalue weighted by Gasteiger charge is -2.28. The summed E-state index contributed by atoms with van der Waals surface area (Å²) in [6, 6.07) is 4.57. The Morgan fingerprint density at radius 2 is 1.93 bits per heavy atom. The molecule has 1 aromatic carbocycles. The van der Waals surface area contributed by atoms with Crippen molar-refractivity contribution in [2.45, 2.75) is 46.8 Å². The lowest BCUT2D eigenvalue weighted by molar-refractivity contribution is -0.135. The van der Waals surface area contributed by atoms with E-state index in [-0.39, 0.29) is 24.9 Å². The van der Waals surface area contributed by atoms with Crippen LogP contribution in [0.1, 0.15) is 48.1 Å². The minimum Gasteiger partial charge on any atom is -0.341 e. The van der Waals surface area contributed by atoms with Gasteiger partial charge in [0.25, 0.3) is 5.91 Å². The largest absolute Gasteiger partial charge is 0.341 e. The monoisotopic (exact) mass is 448 g/mol. The van der Waals surface area contributed by atoms with E-state index in [0.29, 0.717) is 45.5 Å². The third-order valence-corrected chi connectivity index (χ3v) is 6.23.